The van der Waals surface area contributed by atoms with Crippen molar-refractivity contribution in [3.63, 3.8) is 0 Å². The molecule has 0 saturated carbocycles. The summed E-state index contributed by atoms with van der Waals surface area (Å²) in [7, 11) is 0. The number of nitrogens with two attached hydrogens (primary N) is 1. The summed E-state index contributed by atoms with van der Waals surface area (Å²) in [6, 6.07) is 11.2. The van der Waals surface area contributed by atoms with Gasteiger partial charge in [-0.2, -0.15) is 4.68 Å². The first-order valence-corrected chi connectivity index (χ1v) is 11.5. The Bertz CT molecular complexity index is 1490. The number of carbonyl (C=O) groups is 2. The summed E-state index contributed by atoms with van der Waals surface area (Å²) in [6.45, 7) is 3.24. The van der Waals surface area contributed by atoms with Crippen molar-refractivity contribution in [3.8, 4) is 11.1 Å². The molecule has 1 atom stereocenters. The van der Waals surface area contributed by atoms with Gasteiger partial charge in [0.2, 0.25) is 5.91 Å². The molecule has 13 heteroatoms. The van der Waals surface area contributed by atoms with E-state index in [1.807, 2.05) is 0 Å². The predicted octanol–water partition coefficient (Wildman–Crippen LogP) is 4.69. The van der Waals surface area contributed by atoms with Crippen molar-refractivity contribution in [1.82, 2.24) is 14.8 Å². The van der Waals surface area contributed by atoms with Crippen LogP contribution in [0.2, 0.25) is 0 Å². The number of thiophene rings is 1. The van der Waals surface area contributed by atoms with Crippen LogP contribution in [0.4, 0.5) is 20.3 Å². The topological polar surface area (TPSA) is 146 Å². The Morgan fingerprint density at radius 3 is 2.53 bits per heavy atom. The predicted molar refractivity (Wildman–Crippen MR) is 130 cm³/mol. The largest absolute Gasteiger partial charge is 0.390 e. The van der Waals surface area contributed by atoms with E-state index in [2.05, 4.69) is 15.4 Å². The molecule has 3 N–H and O–H groups in total. The van der Waals surface area contributed by atoms with Gasteiger partial charge in [-0.3, -0.25) is 9.59 Å². The van der Waals surface area contributed by atoms with Crippen LogP contribution in [0, 0.1) is 23.0 Å². The summed E-state index contributed by atoms with van der Waals surface area (Å²) in [5, 5.41) is 17.9. The molecule has 4 rings (SSSR count). The summed E-state index contributed by atoms with van der Waals surface area (Å²) in [4.78, 5) is 39.8. The average Bonchev–Trinajstić information content (AvgIpc) is 3.39. The van der Waals surface area contributed by atoms with E-state index in [0.29, 0.717) is 22.2 Å². The number of nitrogens with one attached hydrogen (secondary N) is 1. The normalized spacial score (nSPS) is 12.1. The minimum atomic E-state index is -2.85. The van der Waals surface area contributed by atoms with Crippen molar-refractivity contribution in [3.05, 3.63) is 68.8 Å². The van der Waals surface area contributed by atoms with Crippen LogP contribution >= 0.6 is 11.3 Å². The van der Waals surface area contributed by atoms with Gasteiger partial charge in [0.15, 0.2) is 0 Å². The molecule has 10 nitrogen and oxygen atoms in total. The molecule has 0 aliphatic carbocycles. The lowest BCUT2D eigenvalue weighted by atomic mass is 10.0. The molecular weight excluding hydrogens is 494 g/mol. The van der Waals surface area contributed by atoms with E-state index >= 15 is 0 Å². The van der Waals surface area contributed by atoms with Crippen LogP contribution < -0.4 is 11.1 Å². The standard InChI is InChI=1S/C23H20F2N6O4S/c1-11(10-30-12(2)8-16(29-30)31(34)35)22(33)28-18-17-14(13-6-4-3-5-7-13)9-15(20(24)25)27-23(17)36-19(18)21(26)32/h3-9,11,20H,10H2,1-2H3,(H2,26,32)(H,28,33). The number of anilines is 1. The minimum Gasteiger partial charge on any atom is -0.365 e. The van der Waals surface area contributed by atoms with Crippen molar-refractivity contribution >= 4 is 44.9 Å². The molecule has 4 aromatic rings. The van der Waals surface area contributed by atoms with E-state index < -0.39 is 34.8 Å². The third kappa shape index (κ3) is 4.77. The second-order valence-electron chi connectivity index (χ2n) is 8.09. The molecule has 1 unspecified atom stereocenters. The zero-order chi connectivity index (χ0) is 26.1. The molecule has 0 bridgehead atoms. The summed E-state index contributed by atoms with van der Waals surface area (Å²) in [5.74, 6) is -2.44. The van der Waals surface area contributed by atoms with Crippen molar-refractivity contribution in [2.45, 2.75) is 26.8 Å². The number of carbonyl (C=O) groups excluding carboxylic acids is 2. The fraction of sp³-hybridized carbons (Fsp3) is 0.217. The minimum absolute atomic E-state index is 0.0266. The van der Waals surface area contributed by atoms with Gasteiger partial charge in [-0.25, -0.2) is 13.8 Å². The van der Waals surface area contributed by atoms with Crippen molar-refractivity contribution in [2.24, 2.45) is 11.7 Å². The van der Waals surface area contributed by atoms with Crippen molar-refractivity contribution in [2.75, 3.05) is 5.32 Å². The first-order chi connectivity index (χ1) is 17.1. The fourth-order valence-corrected chi connectivity index (χ4v) is 4.74. The molecule has 0 radical (unpaired) electrons. The first-order valence-electron chi connectivity index (χ1n) is 10.7. The van der Waals surface area contributed by atoms with E-state index in [1.165, 1.54) is 16.8 Å². The smallest absolute Gasteiger partial charge is 0.365 e. The molecule has 2 amide bonds. The number of nitrogens with zero attached hydrogens (tertiary/aromatic N) is 4. The second-order valence-corrected chi connectivity index (χ2v) is 9.08. The lowest BCUT2D eigenvalue weighted by Gasteiger charge is -2.14. The van der Waals surface area contributed by atoms with Crippen LogP contribution in [0.15, 0.2) is 42.5 Å². The molecule has 0 aliphatic heterocycles. The van der Waals surface area contributed by atoms with E-state index in [0.717, 1.165) is 11.3 Å². The Morgan fingerprint density at radius 2 is 1.94 bits per heavy atom. The molecular formula is C23H20F2N6O4S. The van der Waals surface area contributed by atoms with Gasteiger partial charge in [0.1, 0.15) is 15.4 Å². The maximum atomic E-state index is 13.6. The van der Waals surface area contributed by atoms with Crippen LogP contribution in [-0.2, 0) is 11.3 Å². The van der Waals surface area contributed by atoms with Crippen LogP contribution in [0.5, 0.6) is 0 Å². The average molecular weight is 515 g/mol. The van der Waals surface area contributed by atoms with Gasteiger partial charge in [0.05, 0.1) is 35.0 Å². The number of amides is 2. The highest BCUT2D eigenvalue weighted by atomic mass is 32.1. The monoisotopic (exact) mass is 514 g/mol. The fourth-order valence-electron chi connectivity index (χ4n) is 3.72. The number of rotatable bonds is 8. The maximum Gasteiger partial charge on any atom is 0.390 e. The number of aryl methyl sites for hydroxylation is 1. The van der Waals surface area contributed by atoms with Gasteiger partial charge in [0, 0.05) is 5.39 Å². The van der Waals surface area contributed by atoms with Crippen LogP contribution in [0.25, 0.3) is 21.3 Å². The number of hydrogen-bond donors (Lipinski definition) is 2. The van der Waals surface area contributed by atoms with E-state index in [1.54, 1.807) is 44.2 Å². The second kappa shape index (κ2) is 9.77. The number of halogens is 2. The number of aromatic nitrogens is 3. The van der Waals surface area contributed by atoms with Gasteiger partial charge in [0.25, 0.3) is 12.3 Å². The lowest BCUT2D eigenvalue weighted by Crippen LogP contribution is -2.26. The van der Waals surface area contributed by atoms with Crippen LogP contribution in [0.3, 0.4) is 0 Å². The Morgan fingerprint density at radius 1 is 1.25 bits per heavy atom. The van der Waals surface area contributed by atoms with Gasteiger partial charge in [-0.15, -0.1) is 11.3 Å². The Kier molecular flexibility index (Phi) is 6.75. The molecule has 1 aromatic carbocycles. The first kappa shape index (κ1) is 24.9. The molecule has 0 saturated heterocycles. The number of nitro groups is 1. The number of benzene rings is 1. The summed E-state index contributed by atoms with van der Waals surface area (Å²) in [6.07, 6.45) is -2.85. The summed E-state index contributed by atoms with van der Waals surface area (Å²) in [5.41, 5.74) is 6.61. The highest BCUT2D eigenvalue weighted by Gasteiger charge is 2.27. The Labute approximate surface area is 206 Å². The highest BCUT2D eigenvalue weighted by molar-refractivity contribution is 7.21. The Hall–Kier alpha value is -4.26. The molecule has 186 valence electrons. The van der Waals surface area contributed by atoms with E-state index in [4.69, 9.17) is 5.73 Å². The number of hydrogen-bond acceptors (Lipinski definition) is 7. The van der Waals surface area contributed by atoms with Crippen LogP contribution in [0.1, 0.15) is 34.4 Å². The summed E-state index contributed by atoms with van der Waals surface area (Å²) < 4.78 is 28.5. The maximum absolute atomic E-state index is 13.6. The molecule has 3 aromatic heterocycles. The van der Waals surface area contributed by atoms with Crippen molar-refractivity contribution < 1.29 is 23.3 Å². The molecule has 0 fully saturated rings. The van der Waals surface area contributed by atoms with Crippen LogP contribution in [-0.4, -0.2) is 31.5 Å². The van der Waals surface area contributed by atoms with Gasteiger partial charge in [-0.05, 0) is 29.0 Å². The molecule has 0 spiro atoms. The quantitative estimate of drug-likeness (QED) is 0.258. The molecule has 3 heterocycles. The summed E-state index contributed by atoms with van der Waals surface area (Å²) >= 11 is 0.813. The van der Waals surface area contributed by atoms with E-state index in [-0.39, 0.29) is 27.8 Å². The zero-order valence-corrected chi connectivity index (χ0v) is 19.9. The highest BCUT2D eigenvalue weighted by Crippen LogP contribution is 2.42. The Balaban J connectivity index is 1.77. The van der Waals surface area contributed by atoms with Gasteiger partial charge in [-0.1, -0.05) is 37.3 Å². The third-order valence-corrected chi connectivity index (χ3v) is 6.61. The zero-order valence-electron chi connectivity index (χ0n) is 19.1. The number of pyridine rings is 1. The van der Waals surface area contributed by atoms with E-state index in [9.17, 15) is 28.5 Å². The molecule has 0 aliphatic rings. The number of fused-ring (bicyclic) bond motifs is 1. The molecule has 36 heavy (non-hydrogen) atoms. The third-order valence-electron chi connectivity index (χ3n) is 5.51. The SMILES string of the molecule is Cc1cc([N+](=O)[O-])nn1CC(C)C(=O)Nc1c(C(N)=O)sc2nc(C(F)F)cc(-c3ccccc3)c12. The number of alkyl halides is 2. The van der Waals surface area contributed by atoms with Gasteiger partial charge >= 0.3 is 5.82 Å². The lowest BCUT2D eigenvalue weighted by molar-refractivity contribution is -0.389. The van der Waals surface area contributed by atoms with Crippen molar-refractivity contribution in [1.29, 1.82) is 0 Å². The van der Waals surface area contributed by atoms with Gasteiger partial charge < -0.3 is 21.2 Å². The number of primary amides is 1.